The predicted molar refractivity (Wildman–Crippen MR) is 83.3 cm³/mol. The number of phenolic OH excluding ortho intramolecular Hbond substituents is 1. The van der Waals surface area contributed by atoms with Crippen molar-refractivity contribution in [3.8, 4) is 5.75 Å². The molecule has 1 aliphatic rings. The van der Waals surface area contributed by atoms with Crippen molar-refractivity contribution in [2.24, 2.45) is 5.92 Å². The van der Waals surface area contributed by atoms with Gasteiger partial charge in [0.2, 0.25) is 0 Å². The third kappa shape index (κ3) is 3.34. The van der Waals surface area contributed by atoms with Crippen molar-refractivity contribution >= 4 is 0 Å². The average Bonchev–Trinajstić information content (AvgIpc) is 2.57. The summed E-state index contributed by atoms with van der Waals surface area (Å²) in [6, 6.07) is 9.66. The van der Waals surface area contributed by atoms with Crippen molar-refractivity contribution < 1.29 is 27.1 Å². The minimum absolute atomic E-state index is 0.0353. The standard InChI is InChI=1S/C19H17F5O/c20-16-6-3-14(11-17(16)21)18(12-1-4-15(25)5-2-12)9-7-13(8-10-18)19(22,23)24/h1-6,11,13,25H,7-10H2. The summed E-state index contributed by atoms with van der Waals surface area (Å²) in [7, 11) is 0. The largest absolute Gasteiger partial charge is 0.508 e. The normalized spacial score (nSPS) is 24.3. The molecule has 0 radical (unpaired) electrons. The molecule has 0 spiro atoms. The molecule has 25 heavy (non-hydrogen) atoms. The van der Waals surface area contributed by atoms with Crippen LogP contribution in [0.4, 0.5) is 22.0 Å². The zero-order chi connectivity index (χ0) is 18.2. The lowest BCUT2D eigenvalue weighted by atomic mass is 9.63. The first-order valence-electron chi connectivity index (χ1n) is 8.04. The van der Waals surface area contributed by atoms with Crippen LogP contribution in [0.2, 0.25) is 0 Å². The maximum absolute atomic E-state index is 13.8. The molecule has 3 rings (SSSR count). The molecule has 0 unspecified atom stereocenters. The quantitative estimate of drug-likeness (QED) is 0.684. The van der Waals surface area contributed by atoms with E-state index in [9.17, 15) is 27.1 Å². The van der Waals surface area contributed by atoms with Crippen molar-refractivity contribution in [3.05, 3.63) is 65.2 Å². The van der Waals surface area contributed by atoms with Crippen molar-refractivity contribution in [2.75, 3.05) is 0 Å². The monoisotopic (exact) mass is 356 g/mol. The first-order valence-corrected chi connectivity index (χ1v) is 8.04. The van der Waals surface area contributed by atoms with Gasteiger partial charge in [0.25, 0.3) is 0 Å². The second kappa shape index (κ2) is 6.32. The topological polar surface area (TPSA) is 20.2 Å². The van der Waals surface area contributed by atoms with E-state index >= 15 is 0 Å². The fourth-order valence-corrected chi connectivity index (χ4v) is 3.76. The molecule has 1 saturated carbocycles. The first-order chi connectivity index (χ1) is 11.7. The third-order valence-corrected chi connectivity index (χ3v) is 5.19. The summed E-state index contributed by atoms with van der Waals surface area (Å²) in [6.07, 6.45) is -4.07. The molecule has 6 heteroatoms. The first kappa shape index (κ1) is 17.7. The Morgan fingerprint density at radius 1 is 0.840 bits per heavy atom. The summed E-state index contributed by atoms with van der Waals surface area (Å²) in [6.45, 7) is 0. The van der Waals surface area contributed by atoms with Crippen LogP contribution < -0.4 is 0 Å². The fraction of sp³-hybridized carbons (Fsp3) is 0.368. The van der Waals surface area contributed by atoms with Gasteiger partial charge in [0.05, 0.1) is 5.92 Å². The molecular formula is C19H17F5O. The number of halogens is 5. The van der Waals surface area contributed by atoms with Gasteiger partial charge in [0, 0.05) is 5.41 Å². The Hall–Kier alpha value is -2.11. The molecular weight excluding hydrogens is 339 g/mol. The van der Waals surface area contributed by atoms with Gasteiger partial charge in [-0.2, -0.15) is 13.2 Å². The second-order valence-electron chi connectivity index (χ2n) is 6.57. The Morgan fingerprint density at radius 3 is 1.92 bits per heavy atom. The zero-order valence-corrected chi connectivity index (χ0v) is 13.3. The lowest BCUT2D eigenvalue weighted by Gasteiger charge is -2.41. The van der Waals surface area contributed by atoms with Gasteiger partial charge >= 0.3 is 6.18 Å². The van der Waals surface area contributed by atoms with Crippen LogP contribution in [-0.4, -0.2) is 11.3 Å². The van der Waals surface area contributed by atoms with Crippen LogP contribution in [0.1, 0.15) is 36.8 Å². The van der Waals surface area contributed by atoms with E-state index in [2.05, 4.69) is 0 Å². The van der Waals surface area contributed by atoms with E-state index in [-0.39, 0.29) is 31.4 Å². The van der Waals surface area contributed by atoms with E-state index in [4.69, 9.17) is 0 Å². The van der Waals surface area contributed by atoms with Gasteiger partial charge in [-0.25, -0.2) is 8.78 Å². The minimum Gasteiger partial charge on any atom is -0.508 e. The highest BCUT2D eigenvalue weighted by Crippen LogP contribution is 2.50. The van der Waals surface area contributed by atoms with Crippen LogP contribution in [0.3, 0.4) is 0 Å². The Balaban J connectivity index is 2.04. The van der Waals surface area contributed by atoms with Crippen LogP contribution in [0.25, 0.3) is 0 Å². The number of rotatable bonds is 2. The highest BCUT2D eigenvalue weighted by atomic mass is 19.4. The summed E-state index contributed by atoms with van der Waals surface area (Å²) in [5.74, 6) is -3.36. The van der Waals surface area contributed by atoms with Gasteiger partial charge in [0.15, 0.2) is 11.6 Å². The maximum atomic E-state index is 13.8. The molecule has 0 bridgehead atoms. The number of hydrogen-bond donors (Lipinski definition) is 1. The highest BCUT2D eigenvalue weighted by Gasteiger charge is 2.47. The van der Waals surface area contributed by atoms with E-state index in [0.717, 1.165) is 12.1 Å². The van der Waals surface area contributed by atoms with Crippen molar-refractivity contribution in [2.45, 2.75) is 37.3 Å². The highest BCUT2D eigenvalue weighted by molar-refractivity contribution is 5.42. The Kier molecular flexibility index (Phi) is 4.47. The minimum atomic E-state index is -4.25. The molecule has 0 amide bonds. The van der Waals surface area contributed by atoms with Crippen LogP contribution in [-0.2, 0) is 5.41 Å². The molecule has 134 valence electrons. The molecule has 1 aliphatic carbocycles. The van der Waals surface area contributed by atoms with E-state index in [0.29, 0.717) is 11.1 Å². The molecule has 0 heterocycles. The Bertz CT molecular complexity index is 743. The smallest absolute Gasteiger partial charge is 0.391 e. The number of hydrogen-bond acceptors (Lipinski definition) is 1. The molecule has 0 aliphatic heterocycles. The van der Waals surface area contributed by atoms with Crippen molar-refractivity contribution in [1.82, 2.24) is 0 Å². The molecule has 0 saturated heterocycles. The predicted octanol–water partition coefficient (Wildman–Crippen LogP) is 5.71. The summed E-state index contributed by atoms with van der Waals surface area (Å²) >= 11 is 0. The van der Waals surface area contributed by atoms with Gasteiger partial charge in [-0.05, 0) is 61.1 Å². The summed E-state index contributed by atoms with van der Waals surface area (Å²) < 4.78 is 66.1. The zero-order valence-electron chi connectivity index (χ0n) is 13.3. The van der Waals surface area contributed by atoms with Gasteiger partial charge in [-0.1, -0.05) is 18.2 Å². The molecule has 2 aromatic rings. The third-order valence-electron chi connectivity index (χ3n) is 5.19. The maximum Gasteiger partial charge on any atom is 0.391 e. The van der Waals surface area contributed by atoms with E-state index in [1.807, 2.05) is 0 Å². The molecule has 0 atom stereocenters. The van der Waals surface area contributed by atoms with Crippen LogP contribution in [0.5, 0.6) is 5.75 Å². The Morgan fingerprint density at radius 2 is 1.40 bits per heavy atom. The van der Waals surface area contributed by atoms with Gasteiger partial charge < -0.3 is 5.11 Å². The van der Waals surface area contributed by atoms with Gasteiger partial charge in [-0.15, -0.1) is 0 Å². The molecule has 1 fully saturated rings. The lowest BCUT2D eigenvalue weighted by Crippen LogP contribution is -2.37. The van der Waals surface area contributed by atoms with Gasteiger partial charge in [-0.3, -0.25) is 0 Å². The SMILES string of the molecule is Oc1ccc(C2(c3ccc(F)c(F)c3)CCC(C(F)(F)F)CC2)cc1. The number of phenols is 1. The summed E-state index contributed by atoms with van der Waals surface area (Å²) in [5, 5.41) is 9.48. The van der Waals surface area contributed by atoms with Gasteiger partial charge in [0.1, 0.15) is 5.75 Å². The number of aromatic hydroxyl groups is 1. The van der Waals surface area contributed by atoms with Crippen LogP contribution in [0, 0.1) is 17.6 Å². The van der Waals surface area contributed by atoms with E-state index < -0.39 is 29.1 Å². The molecule has 1 nitrogen and oxygen atoms in total. The van der Waals surface area contributed by atoms with E-state index in [1.165, 1.54) is 18.2 Å². The summed E-state index contributed by atoms with van der Waals surface area (Å²) in [5.41, 5.74) is 0.318. The Labute approximate surface area is 142 Å². The fourth-order valence-electron chi connectivity index (χ4n) is 3.76. The number of benzene rings is 2. The molecule has 1 N–H and O–H groups in total. The molecule has 0 aromatic heterocycles. The molecule has 2 aromatic carbocycles. The average molecular weight is 356 g/mol. The van der Waals surface area contributed by atoms with Crippen LogP contribution in [0.15, 0.2) is 42.5 Å². The van der Waals surface area contributed by atoms with Crippen LogP contribution >= 0.6 is 0 Å². The lowest BCUT2D eigenvalue weighted by molar-refractivity contribution is -0.184. The van der Waals surface area contributed by atoms with Crippen molar-refractivity contribution in [1.29, 1.82) is 0 Å². The second-order valence-corrected chi connectivity index (χ2v) is 6.57. The summed E-state index contributed by atoms with van der Waals surface area (Å²) in [4.78, 5) is 0. The number of alkyl halides is 3. The van der Waals surface area contributed by atoms with E-state index in [1.54, 1.807) is 12.1 Å². The van der Waals surface area contributed by atoms with Crippen molar-refractivity contribution in [3.63, 3.8) is 0 Å².